The largest absolute Gasteiger partial charge is 0.370 e. The van der Waals surface area contributed by atoms with E-state index in [0.717, 1.165) is 41.2 Å². The molecule has 0 aliphatic heterocycles. The van der Waals surface area contributed by atoms with Crippen LogP contribution in [0.4, 0.5) is 0 Å². The summed E-state index contributed by atoms with van der Waals surface area (Å²) in [5.74, 6) is -0.824. The minimum absolute atomic E-state index is 0.0663. The molecule has 3 aromatic carbocycles. The molecule has 0 saturated heterocycles. The van der Waals surface area contributed by atoms with Crippen molar-refractivity contribution in [1.82, 2.24) is 15.1 Å². The number of amides is 3. The number of rotatable bonds is 17. The van der Waals surface area contributed by atoms with Crippen LogP contribution < -0.4 is 22.5 Å². The number of carbonyl (C=O) groups excluding carboxylic acids is 3. The predicted molar refractivity (Wildman–Crippen MR) is 190 cm³/mol. The molecule has 7 N–H and O–H groups in total. The van der Waals surface area contributed by atoms with Gasteiger partial charge in [0, 0.05) is 45.6 Å². The summed E-state index contributed by atoms with van der Waals surface area (Å²) >= 11 is 0. The third kappa shape index (κ3) is 12.2. The van der Waals surface area contributed by atoms with E-state index in [0.29, 0.717) is 25.9 Å². The molecule has 3 aromatic rings. The van der Waals surface area contributed by atoms with Crippen LogP contribution in [0.15, 0.2) is 89.9 Å². The molecule has 0 saturated carbocycles. The van der Waals surface area contributed by atoms with E-state index < -0.39 is 17.6 Å². The van der Waals surface area contributed by atoms with Crippen LogP contribution in [0.3, 0.4) is 0 Å². The standard InChI is InChI=1S/C37H51N7O3/c1-37(2,40)21-13-18-33(45)43(3)32(26-28-19-20-29-16-9-10-17-30(29)24-28)35(47)44(4)31(25-27-14-7-5-8-15-27)34(46)41-22-11-6-12-23-42-36(38)39/h5,7-10,13-20,24,31-32H,6,11-12,21-23,25-26,40H2,1-4H3,(H,41,46)(H4,38,39,42)/b18-13+/t31?,32-/m1/s1. The number of hydrogen-bond acceptors (Lipinski definition) is 5. The lowest BCUT2D eigenvalue weighted by Crippen LogP contribution is -2.56. The zero-order valence-electron chi connectivity index (χ0n) is 28.2. The van der Waals surface area contributed by atoms with E-state index in [1.165, 1.54) is 15.9 Å². The van der Waals surface area contributed by atoms with Crippen LogP contribution in [0, 0.1) is 0 Å². The van der Waals surface area contributed by atoms with Gasteiger partial charge < -0.3 is 32.3 Å². The van der Waals surface area contributed by atoms with Crippen molar-refractivity contribution in [2.45, 2.75) is 70.0 Å². The van der Waals surface area contributed by atoms with Gasteiger partial charge in [0.2, 0.25) is 17.7 Å². The average molecular weight is 642 g/mol. The first-order chi connectivity index (χ1) is 22.4. The highest BCUT2D eigenvalue weighted by Crippen LogP contribution is 2.20. The second kappa shape index (κ2) is 17.9. The third-order valence-electron chi connectivity index (χ3n) is 8.07. The molecular weight excluding hydrogens is 590 g/mol. The molecule has 0 aliphatic carbocycles. The molecule has 0 spiro atoms. The molecule has 10 nitrogen and oxygen atoms in total. The Hall–Kier alpha value is -4.70. The fourth-order valence-electron chi connectivity index (χ4n) is 5.30. The van der Waals surface area contributed by atoms with Crippen LogP contribution in [0.25, 0.3) is 10.8 Å². The molecule has 252 valence electrons. The van der Waals surface area contributed by atoms with Crippen molar-refractivity contribution in [2.24, 2.45) is 22.2 Å². The Morgan fingerprint density at radius 2 is 1.49 bits per heavy atom. The highest BCUT2D eigenvalue weighted by Gasteiger charge is 2.34. The van der Waals surface area contributed by atoms with Crippen molar-refractivity contribution in [3.8, 4) is 0 Å². The van der Waals surface area contributed by atoms with E-state index in [1.54, 1.807) is 20.2 Å². The molecule has 0 heterocycles. The number of guanidine groups is 1. The van der Waals surface area contributed by atoms with Crippen LogP contribution in [0.2, 0.25) is 0 Å². The van der Waals surface area contributed by atoms with Gasteiger partial charge in [-0.3, -0.25) is 19.4 Å². The third-order valence-corrected chi connectivity index (χ3v) is 8.07. The second-order valence-corrected chi connectivity index (χ2v) is 12.8. The summed E-state index contributed by atoms with van der Waals surface area (Å²) in [7, 11) is 3.27. The fourth-order valence-corrected chi connectivity index (χ4v) is 5.30. The highest BCUT2D eigenvalue weighted by atomic mass is 16.2. The Balaban J connectivity index is 1.86. The van der Waals surface area contributed by atoms with Gasteiger partial charge in [-0.1, -0.05) is 78.9 Å². The summed E-state index contributed by atoms with van der Waals surface area (Å²) in [6.07, 6.45) is 6.70. The Morgan fingerprint density at radius 1 is 0.830 bits per heavy atom. The fraction of sp³-hybridized carbons (Fsp3) is 0.405. The van der Waals surface area contributed by atoms with Gasteiger partial charge in [0.05, 0.1) is 0 Å². The normalized spacial score (nSPS) is 12.8. The van der Waals surface area contributed by atoms with Gasteiger partial charge in [-0.05, 0) is 67.5 Å². The number of nitrogens with zero attached hydrogens (tertiary/aromatic N) is 3. The first kappa shape index (κ1) is 36.8. The van der Waals surface area contributed by atoms with E-state index in [-0.39, 0.29) is 30.1 Å². The number of nitrogens with two attached hydrogens (primary N) is 3. The first-order valence-electron chi connectivity index (χ1n) is 16.2. The lowest BCUT2D eigenvalue weighted by molar-refractivity contribution is -0.146. The van der Waals surface area contributed by atoms with Gasteiger partial charge in [0.1, 0.15) is 12.1 Å². The lowest BCUT2D eigenvalue weighted by Gasteiger charge is -2.34. The monoisotopic (exact) mass is 641 g/mol. The highest BCUT2D eigenvalue weighted by molar-refractivity contribution is 5.95. The Labute approximate surface area is 279 Å². The van der Waals surface area contributed by atoms with Crippen LogP contribution >= 0.6 is 0 Å². The number of fused-ring (bicyclic) bond motifs is 1. The summed E-state index contributed by atoms with van der Waals surface area (Å²) in [5.41, 5.74) is 18.2. The number of nitrogens with one attached hydrogen (secondary N) is 1. The topological polar surface area (TPSA) is 160 Å². The minimum Gasteiger partial charge on any atom is -0.370 e. The maximum atomic E-state index is 14.4. The maximum Gasteiger partial charge on any atom is 0.246 e. The number of hydrogen-bond donors (Lipinski definition) is 4. The van der Waals surface area contributed by atoms with Crippen LogP contribution in [-0.2, 0) is 27.2 Å². The molecule has 3 amide bonds. The summed E-state index contributed by atoms with van der Waals surface area (Å²) in [6, 6.07) is 22.0. The van der Waals surface area contributed by atoms with E-state index in [1.807, 2.05) is 86.6 Å². The summed E-state index contributed by atoms with van der Waals surface area (Å²) in [4.78, 5) is 48.4. The molecule has 0 fully saturated rings. The number of aliphatic imine (C=N–C) groups is 1. The molecule has 0 bridgehead atoms. The van der Waals surface area contributed by atoms with Gasteiger partial charge in [0.15, 0.2) is 5.96 Å². The number of unbranched alkanes of at least 4 members (excludes halogenated alkanes) is 2. The van der Waals surface area contributed by atoms with Crippen LogP contribution in [-0.4, -0.2) is 78.3 Å². The molecular formula is C37H51N7O3. The SMILES string of the molecule is CN(C(=O)[C@@H](Cc1ccc2ccccc2c1)N(C)C(=O)/C=C/CC(C)(C)N)C(Cc1ccccc1)C(=O)NCCCCCN=C(N)N. The van der Waals surface area contributed by atoms with E-state index in [2.05, 4.69) is 10.3 Å². The van der Waals surface area contributed by atoms with Gasteiger partial charge in [0.25, 0.3) is 0 Å². The quantitative estimate of drug-likeness (QED) is 0.0764. The lowest BCUT2D eigenvalue weighted by atomic mass is 9.98. The first-order valence-corrected chi connectivity index (χ1v) is 16.2. The van der Waals surface area contributed by atoms with Gasteiger partial charge in [-0.25, -0.2) is 0 Å². The van der Waals surface area contributed by atoms with E-state index in [4.69, 9.17) is 17.2 Å². The Morgan fingerprint density at radius 3 is 2.17 bits per heavy atom. The van der Waals surface area contributed by atoms with Gasteiger partial charge in [-0.15, -0.1) is 0 Å². The minimum atomic E-state index is -0.856. The molecule has 10 heteroatoms. The predicted octanol–water partition coefficient (Wildman–Crippen LogP) is 3.52. The number of benzene rings is 3. The van der Waals surface area contributed by atoms with Crippen molar-refractivity contribution < 1.29 is 14.4 Å². The Kier molecular flexibility index (Phi) is 14.0. The van der Waals surface area contributed by atoms with Gasteiger partial charge >= 0.3 is 0 Å². The number of likely N-dealkylation sites (N-methyl/N-ethyl adjacent to an activating group) is 2. The number of carbonyl (C=O) groups is 3. The van der Waals surface area contributed by atoms with Crippen molar-refractivity contribution in [3.05, 3.63) is 96.1 Å². The van der Waals surface area contributed by atoms with E-state index >= 15 is 0 Å². The maximum absolute atomic E-state index is 14.4. The zero-order chi connectivity index (χ0) is 34.4. The average Bonchev–Trinajstić information content (AvgIpc) is 3.04. The smallest absolute Gasteiger partial charge is 0.246 e. The van der Waals surface area contributed by atoms with Gasteiger partial charge in [-0.2, -0.15) is 0 Å². The van der Waals surface area contributed by atoms with E-state index in [9.17, 15) is 14.4 Å². The summed E-state index contributed by atoms with van der Waals surface area (Å²) < 4.78 is 0. The van der Waals surface area contributed by atoms with Crippen LogP contribution in [0.1, 0.15) is 50.7 Å². The van der Waals surface area contributed by atoms with Crippen molar-refractivity contribution in [3.63, 3.8) is 0 Å². The molecule has 47 heavy (non-hydrogen) atoms. The Bertz CT molecular complexity index is 1530. The molecule has 0 aromatic heterocycles. The second-order valence-electron chi connectivity index (χ2n) is 12.8. The van der Waals surface area contributed by atoms with Crippen molar-refractivity contribution in [1.29, 1.82) is 0 Å². The molecule has 0 aliphatic rings. The summed E-state index contributed by atoms with van der Waals surface area (Å²) in [5, 5.41) is 5.15. The van der Waals surface area contributed by atoms with Crippen LogP contribution in [0.5, 0.6) is 0 Å². The molecule has 3 rings (SSSR count). The molecule has 2 atom stereocenters. The molecule has 1 unspecified atom stereocenters. The molecule has 0 radical (unpaired) electrons. The van der Waals surface area contributed by atoms with Crippen molar-refractivity contribution in [2.75, 3.05) is 27.2 Å². The zero-order valence-corrected chi connectivity index (χ0v) is 28.2. The summed E-state index contributed by atoms with van der Waals surface area (Å²) in [6.45, 7) is 4.76. The van der Waals surface area contributed by atoms with Crippen molar-refractivity contribution >= 4 is 34.5 Å².